The van der Waals surface area contributed by atoms with Crippen molar-refractivity contribution in [1.82, 2.24) is 5.32 Å². The van der Waals surface area contributed by atoms with E-state index in [-0.39, 0.29) is 6.03 Å². The molecule has 0 bridgehead atoms. The summed E-state index contributed by atoms with van der Waals surface area (Å²) >= 11 is 0. The van der Waals surface area contributed by atoms with Gasteiger partial charge in [-0.25, -0.2) is 13.2 Å². The molecule has 0 aliphatic carbocycles. The maximum Gasteiger partial charge on any atom is 0.319 e. The third kappa shape index (κ3) is 4.13. The molecule has 1 aromatic rings. The van der Waals surface area contributed by atoms with Crippen molar-refractivity contribution in [2.45, 2.75) is 26.7 Å². The summed E-state index contributed by atoms with van der Waals surface area (Å²) in [5.74, 6) is 0.370. The van der Waals surface area contributed by atoms with Gasteiger partial charge in [0.2, 0.25) is 10.0 Å². The summed E-state index contributed by atoms with van der Waals surface area (Å²) in [6.07, 6.45) is 2.86. The van der Waals surface area contributed by atoms with Crippen LogP contribution in [0.3, 0.4) is 0 Å². The fraction of sp³-hybridized carbons (Fsp3) is 0.533. The molecule has 6 nitrogen and oxygen atoms in total. The third-order valence-corrected chi connectivity index (χ3v) is 4.67. The standard InChI is InChI=1S/C15H23N3O3S/c1-11(2)10-16-15(19)17-13-7-6-12-5-4-8-18(14(12)9-13)22(3,20)21/h6-7,9,11H,4-5,8,10H2,1-3H3,(H2,16,17,19). The summed E-state index contributed by atoms with van der Waals surface area (Å²) in [6.45, 7) is 5.10. The topological polar surface area (TPSA) is 78.5 Å². The van der Waals surface area contributed by atoms with Gasteiger partial charge < -0.3 is 10.6 Å². The quantitative estimate of drug-likeness (QED) is 0.890. The van der Waals surface area contributed by atoms with E-state index in [1.54, 1.807) is 12.1 Å². The maximum absolute atomic E-state index is 11.9. The van der Waals surface area contributed by atoms with Crippen molar-refractivity contribution in [2.75, 3.05) is 29.0 Å². The average Bonchev–Trinajstić information content (AvgIpc) is 2.43. The van der Waals surface area contributed by atoms with Crippen LogP contribution >= 0.6 is 0 Å². The summed E-state index contributed by atoms with van der Waals surface area (Å²) < 4.78 is 25.2. The van der Waals surface area contributed by atoms with Crippen LogP contribution in [0.4, 0.5) is 16.2 Å². The molecule has 1 aliphatic heterocycles. The van der Waals surface area contributed by atoms with Gasteiger partial charge in [-0.1, -0.05) is 19.9 Å². The van der Waals surface area contributed by atoms with Crippen molar-refractivity contribution < 1.29 is 13.2 Å². The van der Waals surface area contributed by atoms with Crippen molar-refractivity contribution in [2.24, 2.45) is 5.92 Å². The second kappa shape index (κ2) is 6.56. The predicted octanol–water partition coefficient (Wildman–Crippen LogP) is 2.18. The first-order valence-corrected chi connectivity index (χ1v) is 9.27. The number of nitrogens with one attached hydrogen (secondary N) is 2. The number of hydrogen-bond acceptors (Lipinski definition) is 3. The number of rotatable bonds is 4. The molecule has 1 heterocycles. The number of hydrogen-bond donors (Lipinski definition) is 2. The van der Waals surface area contributed by atoms with E-state index in [9.17, 15) is 13.2 Å². The SMILES string of the molecule is CC(C)CNC(=O)Nc1ccc2c(c1)N(S(C)(=O)=O)CCC2. The van der Waals surface area contributed by atoms with Crippen molar-refractivity contribution in [3.63, 3.8) is 0 Å². The van der Waals surface area contributed by atoms with E-state index >= 15 is 0 Å². The Hall–Kier alpha value is -1.76. The highest BCUT2D eigenvalue weighted by Gasteiger charge is 2.24. The molecule has 0 atom stereocenters. The Morgan fingerprint density at radius 2 is 2.09 bits per heavy atom. The summed E-state index contributed by atoms with van der Waals surface area (Å²) in [5.41, 5.74) is 2.25. The lowest BCUT2D eigenvalue weighted by Gasteiger charge is -2.29. The van der Waals surface area contributed by atoms with Gasteiger partial charge in [-0.15, -0.1) is 0 Å². The van der Waals surface area contributed by atoms with Crippen molar-refractivity contribution in [1.29, 1.82) is 0 Å². The zero-order chi connectivity index (χ0) is 16.3. The summed E-state index contributed by atoms with van der Waals surface area (Å²) in [5, 5.41) is 5.52. The van der Waals surface area contributed by atoms with Crippen LogP contribution in [-0.4, -0.2) is 33.8 Å². The van der Waals surface area contributed by atoms with Crippen LogP contribution in [0.5, 0.6) is 0 Å². The van der Waals surface area contributed by atoms with Crippen LogP contribution in [0.2, 0.25) is 0 Å². The zero-order valence-electron chi connectivity index (χ0n) is 13.2. The predicted molar refractivity (Wildman–Crippen MR) is 88.8 cm³/mol. The van der Waals surface area contributed by atoms with Crippen LogP contribution in [0.25, 0.3) is 0 Å². The number of nitrogens with zero attached hydrogens (tertiary/aromatic N) is 1. The molecule has 7 heteroatoms. The van der Waals surface area contributed by atoms with E-state index in [1.165, 1.54) is 10.6 Å². The molecule has 2 N–H and O–H groups in total. The highest BCUT2D eigenvalue weighted by Crippen LogP contribution is 2.31. The van der Waals surface area contributed by atoms with Crippen LogP contribution < -0.4 is 14.9 Å². The Morgan fingerprint density at radius 1 is 1.36 bits per heavy atom. The molecule has 0 unspecified atom stereocenters. The monoisotopic (exact) mass is 325 g/mol. The Labute approximate surface area is 131 Å². The molecule has 0 fully saturated rings. The number of urea groups is 1. The molecule has 2 rings (SSSR count). The van der Waals surface area contributed by atoms with Gasteiger partial charge >= 0.3 is 6.03 Å². The van der Waals surface area contributed by atoms with E-state index in [0.29, 0.717) is 30.4 Å². The van der Waals surface area contributed by atoms with Gasteiger partial charge in [0.1, 0.15) is 0 Å². The fourth-order valence-electron chi connectivity index (χ4n) is 2.44. The lowest BCUT2D eigenvalue weighted by Crippen LogP contribution is -2.35. The highest BCUT2D eigenvalue weighted by molar-refractivity contribution is 7.92. The normalized spacial score (nSPS) is 14.6. The van der Waals surface area contributed by atoms with Gasteiger partial charge in [0.05, 0.1) is 11.9 Å². The largest absolute Gasteiger partial charge is 0.338 e. The molecule has 0 saturated heterocycles. The molecule has 1 aromatic carbocycles. The summed E-state index contributed by atoms with van der Waals surface area (Å²) in [6, 6.07) is 5.13. The summed E-state index contributed by atoms with van der Waals surface area (Å²) in [7, 11) is -3.30. The molecule has 0 aromatic heterocycles. The number of carbonyl (C=O) groups excluding carboxylic acids is 1. The first kappa shape index (κ1) is 16.6. The second-order valence-corrected chi connectivity index (χ2v) is 7.92. The van der Waals surface area contributed by atoms with Crippen molar-refractivity contribution in [3.8, 4) is 0 Å². The number of carbonyl (C=O) groups is 1. The first-order valence-electron chi connectivity index (χ1n) is 7.43. The molecule has 0 radical (unpaired) electrons. The number of aryl methyl sites for hydroxylation is 1. The molecule has 22 heavy (non-hydrogen) atoms. The number of fused-ring (bicyclic) bond motifs is 1. The number of amides is 2. The minimum atomic E-state index is -3.30. The number of anilines is 2. The van der Waals surface area contributed by atoms with Gasteiger partial charge in [0.25, 0.3) is 0 Å². The van der Waals surface area contributed by atoms with Gasteiger partial charge in [-0.05, 0) is 36.5 Å². The van der Waals surface area contributed by atoms with Crippen LogP contribution in [-0.2, 0) is 16.4 Å². The van der Waals surface area contributed by atoms with Gasteiger partial charge in [-0.3, -0.25) is 4.31 Å². The van der Waals surface area contributed by atoms with E-state index in [4.69, 9.17) is 0 Å². The average molecular weight is 325 g/mol. The first-order chi connectivity index (χ1) is 10.3. The molecular weight excluding hydrogens is 302 g/mol. The van der Waals surface area contributed by atoms with Crippen LogP contribution in [0.1, 0.15) is 25.8 Å². The Bertz CT molecular complexity index is 656. The lowest BCUT2D eigenvalue weighted by atomic mass is 10.0. The third-order valence-electron chi connectivity index (χ3n) is 3.49. The zero-order valence-corrected chi connectivity index (χ0v) is 14.0. The van der Waals surface area contributed by atoms with E-state index in [0.717, 1.165) is 18.4 Å². The Morgan fingerprint density at radius 3 is 2.73 bits per heavy atom. The van der Waals surface area contributed by atoms with E-state index in [2.05, 4.69) is 10.6 Å². The van der Waals surface area contributed by atoms with Gasteiger partial charge in [0, 0.05) is 18.8 Å². The molecule has 122 valence electrons. The smallest absolute Gasteiger partial charge is 0.319 e. The molecular formula is C15H23N3O3S. The Kier molecular flexibility index (Phi) is 4.95. The highest BCUT2D eigenvalue weighted by atomic mass is 32.2. The van der Waals surface area contributed by atoms with Crippen molar-refractivity contribution >= 4 is 27.4 Å². The van der Waals surface area contributed by atoms with Crippen molar-refractivity contribution in [3.05, 3.63) is 23.8 Å². The Balaban J connectivity index is 2.18. The van der Waals surface area contributed by atoms with Gasteiger partial charge in [0.15, 0.2) is 0 Å². The number of benzene rings is 1. The molecule has 1 aliphatic rings. The lowest BCUT2D eigenvalue weighted by molar-refractivity contribution is 0.251. The molecule has 0 spiro atoms. The number of sulfonamides is 1. The molecule has 0 saturated carbocycles. The van der Waals surface area contributed by atoms with Crippen LogP contribution in [0.15, 0.2) is 18.2 Å². The second-order valence-electron chi connectivity index (χ2n) is 6.01. The minimum Gasteiger partial charge on any atom is -0.338 e. The van der Waals surface area contributed by atoms with E-state index in [1.807, 2.05) is 19.9 Å². The minimum absolute atomic E-state index is 0.282. The van der Waals surface area contributed by atoms with E-state index < -0.39 is 10.0 Å². The fourth-order valence-corrected chi connectivity index (χ4v) is 3.42. The molecule has 2 amide bonds. The maximum atomic E-state index is 11.9. The van der Waals surface area contributed by atoms with Gasteiger partial charge in [-0.2, -0.15) is 0 Å². The van der Waals surface area contributed by atoms with Crippen LogP contribution in [0, 0.1) is 5.92 Å². The summed E-state index contributed by atoms with van der Waals surface area (Å²) in [4.78, 5) is 11.8.